The highest BCUT2D eigenvalue weighted by molar-refractivity contribution is 7.21. The second-order valence-electron chi connectivity index (χ2n) is 7.91. The van der Waals surface area contributed by atoms with Gasteiger partial charge in [0.15, 0.2) is 5.82 Å². The van der Waals surface area contributed by atoms with Crippen LogP contribution < -0.4 is 5.32 Å². The van der Waals surface area contributed by atoms with E-state index in [9.17, 15) is 4.79 Å². The Morgan fingerprint density at radius 2 is 2.00 bits per heavy atom. The zero-order valence-corrected chi connectivity index (χ0v) is 18.6. The molecule has 1 saturated heterocycles. The quantitative estimate of drug-likeness (QED) is 0.483. The lowest BCUT2D eigenvalue weighted by atomic mass is 10.0. The fourth-order valence-electron chi connectivity index (χ4n) is 3.95. The molecule has 1 aliphatic heterocycles. The van der Waals surface area contributed by atoms with Crippen molar-refractivity contribution in [3.05, 3.63) is 82.3 Å². The summed E-state index contributed by atoms with van der Waals surface area (Å²) >= 11 is 1.49. The third-order valence-electron chi connectivity index (χ3n) is 5.55. The van der Waals surface area contributed by atoms with E-state index in [2.05, 4.69) is 33.5 Å². The summed E-state index contributed by atoms with van der Waals surface area (Å²) in [5.41, 5.74) is 2.07. The molecule has 3 heterocycles. The Morgan fingerprint density at radius 3 is 2.84 bits per heavy atom. The largest absolute Gasteiger partial charge is 0.371 e. The number of benzene rings is 2. The van der Waals surface area contributed by atoms with Crippen LogP contribution in [0.4, 0.5) is 0 Å². The number of hydrogen-bond acceptors (Lipinski definition) is 7. The number of fused-ring (bicyclic) bond motifs is 1. The van der Waals surface area contributed by atoms with Gasteiger partial charge in [-0.05, 0) is 24.1 Å². The summed E-state index contributed by atoms with van der Waals surface area (Å²) in [5, 5.41) is 8.06. The Bertz CT molecular complexity index is 1220. The molecule has 0 aliphatic carbocycles. The minimum absolute atomic E-state index is 0.133. The maximum Gasteiger partial charge on any atom is 0.262 e. The Kier molecular flexibility index (Phi) is 5.98. The van der Waals surface area contributed by atoms with E-state index in [4.69, 9.17) is 9.26 Å². The van der Waals surface area contributed by atoms with E-state index < -0.39 is 0 Å². The van der Waals surface area contributed by atoms with Gasteiger partial charge < -0.3 is 19.5 Å². The first-order valence-corrected chi connectivity index (χ1v) is 11.4. The molecule has 2 aromatic carbocycles. The number of nitrogens with zero attached hydrogens (tertiary/aromatic N) is 3. The molecule has 8 heteroatoms. The van der Waals surface area contributed by atoms with Crippen molar-refractivity contribution in [1.82, 2.24) is 20.4 Å². The van der Waals surface area contributed by atoms with Crippen molar-refractivity contribution in [2.45, 2.75) is 19.1 Å². The van der Waals surface area contributed by atoms with Crippen molar-refractivity contribution in [2.24, 2.45) is 0 Å². The molecule has 1 atom stereocenters. The average molecular weight is 449 g/mol. The standard InChI is InChI=1S/C24H24N4O3S/c1-28-11-12-30-18(15-28)22-17-9-5-6-10-19(17)32-23(22)24(29)25-14-21-26-20(27-31-21)13-16-7-3-2-4-8-16/h2-10,18H,11-15H2,1H3,(H,25,29). The minimum atomic E-state index is -0.152. The number of likely N-dealkylation sites (N-methyl/N-ethyl adjacent to an activating group) is 1. The topological polar surface area (TPSA) is 80.5 Å². The van der Waals surface area contributed by atoms with Crippen LogP contribution in [0.1, 0.15) is 38.6 Å². The molecule has 0 spiro atoms. The normalized spacial score (nSPS) is 17.0. The van der Waals surface area contributed by atoms with Gasteiger partial charge in [-0.3, -0.25) is 4.79 Å². The van der Waals surface area contributed by atoms with Crippen LogP contribution in [-0.4, -0.2) is 47.7 Å². The second-order valence-corrected chi connectivity index (χ2v) is 8.96. The lowest BCUT2D eigenvalue weighted by molar-refractivity contribution is -0.0202. The van der Waals surface area contributed by atoms with Gasteiger partial charge in [-0.25, -0.2) is 0 Å². The van der Waals surface area contributed by atoms with E-state index in [1.54, 1.807) is 0 Å². The van der Waals surface area contributed by atoms with Gasteiger partial charge in [0.1, 0.15) is 0 Å². The summed E-state index contributed by atoms with van der Waals surface area (Å²) in [7, 11) is 2.08. The van der Waals surface area contributed by atoms with Crippen LogP contribution in [0.25, 0.3) is 10.1 Å². The average Bonchev–Trinajstić information content (AvgIpc) is 3.42. The molecule has 2 aromatic heterocycles. The fourth-order valence-corrected chi connectivity index (χ4v) is 5.13. The van der Waals surface area contributed by atoms with E-state index in [0.717, 1.165) is 34.3 Å². The van der Waals surface area contributed by atoms with Crippen LogP contribution in [0.15, 0.2) is 59.1 Å². The van der Waals surface area contributed by atoms with Gasteiger partial charge in [-0.2, -0.15) is 4.98 Å². The van der Waals surface area contributed by atoms with Gasteiger partial charge in [-0.1, -0.05) is 53.7 Å². The number of amides is 1. The van der Waals surface area contributed by atoms with Crippen molar-refractivity contribution in [3.63, 3.8) is 0 Å². The van der Waals surface area contributed by atoms with Gasteiger partial charge in [0.05, 0.1) is 24.1 Å². The van der Waals surface area contributed by atoms with Gasteiger partial charge in [0, 0.05) is 29.8 Å². The number of hydrogen-bond donors (Lipinski definition) is 1. The van der Waals surface area contributed by atoms with Crippen LogP contribution in [0.3, 0.4) is 0 Å². The van der Waals surface area contributed by atoms with Crippen molar-refractivity contribution >= 4 is 27.3 Å². The fraction of sp³-hybridized carbons (Fsp3) is 0.292. The Labute approximate surface area is 190 Å². The molecule has 1 unspecified atom stereocenters. The summed E-state index contributed by atoms with van der Waals surface area (Å²) in [5.74, 6) is 0.836. The van der Waals surface area contributed by atoms with E-state index in [-0.39, 0.29) is 18.6 Å². The molecule has 1 amide bonds. The molecular weight excluding hydrogens is 424 g/mol. The monoisotopic (exact) mass is 448 g/mol. The number of thiophene rings is 1. The molecule has 164 valence electrons. The highest BCUT2D eigenvalue weighted by Gasteiger charge is 2.28. The van der Waals surface area contributed by atoms with Crippen LogP contribution in [0.2, 0.25) is 0 Å². The van der Waals surface area contributed by atoms with Crippen molar-refractivity contribution in [1.29, 1.82) is 0 Å². The predicted molar refractivity (Wildman–Crippen MR) is 123 cm³/mol. The number of nitrogens with one attached hydrogen (secondary N) is 1. The van der Waals surface area contributed by atoms with Crippen LogP contribution in [-0.2, 0) is 17.7 Å². The third-order valence-corrected chi connectivity index (χ3v) is 6.73. The van der Waals surface area contributed by atoms with E-state index >= 15 is 0 Å². The first-order valence-electron chi connectivity index (χ1n) is 10.6. The SMILES string of the molecule is CN1CCOC(c2c(C(=O)NCc3nc(Cc4ccccc4)no3)sc3ccccc23)C1. The maximum absolute atomic E-state index is 13.2. The van der Waals surface area contributed by atoms with Crippen LogP contribution >= 0.6 is 11.3 Å². The minimum Gasteiger partial charge on any atom is -0.371 e. The highest BCUT2D eigenvalue weighted by atomic mass is 32.1. The number of aromatic nitrogens is 2. The second kappa shape index (κ2) is 9.20. The van der Waals surface area contributed by atoms with Gasteiger partial charge in [-0.15, -0.1) is 11.3 Å². The molecule has 1 N–H and O–H groups in total. The number of ether oxygens (including phenoxy) is 1. The molecule has 5 rings (SSSR count). The number of carbonyl (C=O) groups excluding carboxylic acids is 1. The first kappa shape index (κ1) is 20.8. The molecule has 1 fully saturated rings. The molecule has 4 aromatic rings. The molecule has 0 radical (unpaired) electrons. The lowest BCUT2D eigenvalue weighted by Gasteiger charge is -2.30. The van der Waals surface area contributed by atoms with E-state index in [0.29, 0.717) is 29.6 Å². The van der Waals surface area contributed by atoms with Gasteiger partial charge in [0.2, 0.25) is 5.89 Å². The predicted octanol–water partition coefficient (Wildman–Crippen LogP) is 3.81. The van der Waals surface area contributed by atoms with Crippen molar-refractivity contribution in [3.8, 4) is 0 Å². The highest BCUT2D eigenvalue weighted by Crippen LogP contribution is 2.38. The summed E-state index contributed by atoms with van der Waals surface area (Å²) in [6.07, 6.45) is 0.456. The van der Waals surface area contributed by atoms with Crippen LogP contribution in [0.5, 0.6) is 0 Å². The molecule has 32 heavy (non-hydrogen) atoms. The smallest absolute Gasteiger partial charge is 0.262 e. The number of rotatable bonds is 6. The molecule has 0 bridgehead atoms. The molecule has 1 aliphatic rings. The summed E-state index contributed by atoms with van der Waals surface area (Å²) in [6, 6.07) is 18.1. The number of carbonyl (C=O) groups is 1. The van der Waals surface area contributed by atoms with Crippen LogP contribution in [0, 0.1) is 0 Å². The lowest BCUT2D eigenvalue weighted by Crippen LogP contribution is -2.36. The molecule has 7 nitrogen and oxygen atoms in total. The number of morpholine rings is 1. The Hall–Kier alpha value is -3.07. The van der Waals surface area contributed by atoms with Crippen molar-refractivity contribution in [2.75, 3.05) is 26.7 Å². The first-order chi connectivity index (χ1) is 15.7. The zero-order valence-electron chi connectivity index (χ0n) is 17.8. The van der Waals surface area contributed by atoms with E-state index in [1.165, 1.54) is 11.3 Å². The van der Waals surface area contributed by atoms with Gasteiger partial charge in [0.25, 0.3) is 5.91 Å². The van der Waals surface area contributed by atoms with Crippen molar-refractivity contribution < 1.29 is 14.1 Å². The zero-order chi connectivity index (χ0) is 21.9. The molecule has 0 saturated carbocycles. The molecular formula is C24H24N4O3S. The summed E-state index contributed by atoms with van der Waals surface area (Å²) in [6.45, 7) is 2.48. The van der Waals surface area contributed by atoms with E-state index in [1.807, 2.05) is 48.5 Å². The Morgan fingerprint density at radius 1 is 1.19 bits per heavy atom. The van der Waals surface area contributed by atoms with Gasteiger partial charge >= 0.3 is 0 Å². The maximum atomic E-state index is 13.2. The summed E-state index contributed by atoms with van der Waals surface area (Å²) < 4.78 is 12.5. The summed E-state index contributed by atoms with van der Waals surface area (Å²) in [4.78, 5) is 20.5. The Balaban J connectivity index is 1.33. The third kappa shape index (κ3) is 4.43.